The van der Waals surface area contributed by atoms with Crippen molar-refractivity contribution in [2.75, 3.05) is 0 Å². The van der Waals surface area contributed by atoms with Gasteiger partial charge in [0.1, 0.15) is 0 Å². The molecule has 0 saturated heterocycles. The van der Waals surface area contributed by atoms with Gasteiger partial charge >= 0.3 is 5.97 Å². The number of aromatic carboxylic acids is 1. The molecule has 2 heterocycles. The molecule has 4 aromatic carbocycles. The van der Waals surface area contributed by atoms with Gasteiger partial charge in [0.2, 0.25) is 0 Å². The Labute approximate surface area is 230 Å². The molecular formula is C33H25N3O4. The Morgan fingerprint density at radius 2 is 1.65 bits per heavy atom. The Morgan fingerprint density at radius 3 is 2.42 bits per heavy atom. The average molecular weight is 528 g/mol. The Kier molecular flexibility index (Phi) is 6.54. The predicted molar refractivity (Wildman–Crippen MR) is 153 cm³/mol. The van der Waals surface area contributed by atoms with Gasteiger partial charge in [-0.1, -0.05) is 65.8 Å². The molecule has 0 aliphatic rings. The van der Waals surface area contributed by atoms with Gasteiger partial charge in [-0.15, -0.1) is 0 Å². The summed E-state index contributed by atoms with van der Waals surface area (Å²) in [6.45, 7) is 1.86. The van der Waals surface area contributed by atoms with Crippen LogP contribution in [0, 0.1) is 0 Å². The van der Waals surface area contributed by atoms with Crippen LogP contribution in [0.15, 0.2) is 108 Å². The number of benzene rings is 4. The summed E-state index contributed by atoms with van der Waals surface area (Å²) in [5.74, 6) is -1.27. The molecule has 6 aromatic rings. The first-order valence-corrected chi connectivity index (χ1v) is 12.9. The molecule has 7 nitrogen and oxygen atoms in total. The Bertz CT molecular complexity index is 1860. The second-order valence-electron chi connectivity index (χ2n) is 9.73. The normalized spacial score (nSPS) is 11.9. The predicted octanol–water partition coefficient (Wildman–Crippen LogP) is 6.82. The minimum Gasteiger partial charge on any atom is -0.478 e. The number of carbonyl (C=O) groups is 2. The van der Waals surface area contributed by atoms with Crippen molar-refractivity contribution in [2.45, 2.75) is 19.4 Å². The number of nitrogens with zero attached hydrogens (tertiary/aromatic N) is 2. The van der Waals surface area contributed by atoms with Crippen LogP contribution in [0.1, 0.15) is 50.5 Å². The van der Waals surface area contributed by atoms with Crippen LogP contribution in [-0.4, -0.2) is 27.1 Å². The summed E-state index contributed by atoms with van der Waals surface area (Å²) in [5.41, 5.74) is 6.27. The fourth-order valence-electron chi connectivity index (χ4n) is 4.91. The van der Waals surface area contributed by atoms with E-state index in [4.69, 9.17) is 4.52 Å². The van der Waals surface area contributed by atoms with E-state index < -0.39 is 5.97 Å². The quantitative estimate of drug-likeness (QED) is 0.236. The van der Waals surface area contributed by atoms with E-state index in [1.807, 2.05) is 79.9 Å². The summed E-state index contributed by atoms with van der Waals surface area (Å²) in [6.07, 6.45) is 2.27. The van der Waals surface area contributed by atoms with Crippen LogP contribution in [0.3, 0.4) is 0 Å². The van der Waals surface area contributed by atoms with E-state index >= 15 is 0 Å². The number of carboxylic acid groups (broad SMARTS) is 1. The minimum atomic E-state index is -0.995. The molecule has 0 saturated carbocycles. The number of para-hydroxylation sites is 1. The van der Waals surface area contributed by atoms with Crippen LogP contribution in [0.25, 0.3) is 33.0 Å². The molecule has 0 unspecified atom stereocenters. The number of nitrogens with one attached hydrogen (secondary N) is 1. The molecule has 1 amide bonds. The highest BCUT2D eigenvalue weighted by Crippen LogP contribution is 2.32. The fourth-order valence-corrected chi connectivity index (χ4v) is 4.91. The van der Waals surface area contributed by atoms with Crippen molar-refractivity contribution in [2.24, 2.45) is 0 Å². The van der Waals surface area contributed by atoms with Crippen LogP contribution in [0.4, 0.5) is 0 Å². The van der Waals surface area contributed by atoms with Crippen molar-refractivity contribution in [3.63, 3.8) is 0 Å². The lowest BCUT2D eigenvalue weighted by Gasteiger charge is -2.16. The summed E-state index contributed by atoms with van der Waals surface area (Å²) in [5, 5.41) is 18.3. The molecule has 0 spiro atoms. The molecule has 2 N–H and O–H groups in total. The van der Waals surface area contributed by atoms with Gasteiger partial charge in [0.25, 0.3) is 5.91 Å². The second-order valence-corrected chi connectivity index (χ2v) is 9.73. The highest BCUT2D eigenvalue weighted by atomic mass is 16.5. The van der Waals surface area contributed by atoms with E-state index in [-0.39, 0.29) is 17.5 Å². The van der Waals surface area contributed by atoms with Gasteiger partial charge in [-0.05, 0) is 65.6 Å². The second kappa shape index (κ2) is 10.5. The van der Waals surface area contributed by atoms with E-state index in [9.17, 15) is 14.7 Å². The number of hydrogen-bond acceptors (Lipinski definition) is 5. The van der Waals surface area contributed by atoms with Gasteiger partial charge in [-0.2, -0.15) is 0 Å². The maximum atomic E-state index is 13.8. The summed E-state index contributed by atoms with van der Waals surface area (Å²) in [4.78, 5) is 29.6. The third-order valence-corrected chi connectivity index (χ3v) is 7.02. The lowest BCUT2D eigenvalue weighted by molar-refractivity contribution is 0.0696. The zero-order chi connectivity index (χ0) is 27.6. The third kappa shape index (κ3) is 4.92. The highest BCUT2D eigenvalue weighted by molar-refractivity contribution is 6.08. The van der Waals surface area contributed by atoms with Crippen molar-refractivity contribution in [1.29, 1.82) is 0 Å². The van der Waals surface area contributed by atoms with Crippen LogP contribution < -0.4 is 5.32 Å². The largest absolute Gasteiger partial charge is 0.478 e. The summed E-state index contributed by atoms with van der Waals surface area (Å²) >= 11 is 0. The minimum absolute atomic E-state index is 0.192. The Hall–Kier alpha value is -5.30. The smallest absolute Gasteiger partial charge is 0.335 e. The van der Waals surface area contributed by atoms with Gasteiger partial charge in [0, 0.05) is 18.0 Å². The van der Waals surface area contributed by atoms with Crippen LogP contribution >= 0.6 is 0 Å². The monoisotopic (exact) mass is 527 g/mol. The number of carbonyl (C=O) groups excluding carboxylic acids is 1. The van der Waals surface area contributed by atoms with Crippen molar-refractivity contribution in [3.05, 3.63) is 131 Å². The molecule has 7 heteroatoms. The standard InChI is InChI=1S/C33H25N3O4/c1-20(22-11-13-24(14-12-22)33(38)39)35-32(37)27-17-26(23-7-3-2-4-8-23)18-30-31(27)29(36-40-30)16-21-15-25-9-5-6-10-28(25)34-19-21/h2-15,17-20H,16H2,1H3,(H,35,37)(H,38,39)/t20-/m0/s1. The molecular weight excluding hydrogens is 502 g/mol. The van der Waals surface area contributed by atoms with Gasteiger partial charge in [0.15, 0.2) is 5.58 Å². The van der Waals surface area contributed by atoms with Crippen LogP contribution in [-0.2, 0) is 6.42 Å². The molecule has 0 aliphatic heterocycles. The number of aromatic nitrogens is 2. The number of carboxylic acids is 1. The molecule has 0 radical (unpaired) electrons. The Balaban J connectivity index is 1.39. The molecule has 0 bridgehead atoms. The number of fused-ring (bicyclic) bond motifs is 2. The first kappa shape index (κ1) is 25.0. The molecule has 0 fully saturated rings. The summed E-state index contributed by atoms with van der Waals surface area (Å²) in [6, 6.07) is 29.7. The van der Waals surface area contributed by atoms with Crippen molar-refractivity contribution in [3.8, 4) is 11.1 Å². The summed E-state index contributed by atoms with van der Waals surface area (Å²) < 4.78 is 5.78. The molecule has 2 aromatic heterocycles. The van der Waals surface area contributed by atoms with Crippen LogP contribution in [0.2, 0.25) is 0 Å². The van der Waals surface area contributed by atoms with Crippen molar-refractivity contribution < 1.29 is 19.2 Å². The Morgan fingerprint density at radius 1 is 0.900 bits per heavy atom. The van der Waals surface area contributed by atoms with Crippen LogP contribution in [0.5, 0.6) is 0 Å². The maximum absolute atomic E-state index is 13.8. The first-order valence-electron chi connectivity index (χ1n) is 12.9. The number of amides is 1. The molecule has 40 heavy (non-hydrogen) atoms. The van der Waals surface area contributed by atoms with Gasteiger partial charge in [-0.25, -0.2) is 4.79 Å². The molecule has 0 aliphatic carbocycles. The zero-order valence-corrected chi connectivity index (χ0v) is 21.7. The maximum Gasteiger partial charge on any atom is 0.335 e. The fraction of sp³-hybridized carbons (Fsp3) is 0.0909. The van der Waals surface area contributed by atoms with Gasteiger partial charge < -0.3 is 14.9 Å². The molecule has 1 atom stereocenters. The van der Waals surface area contributed by atoms with E-state index in [1.165, 1.54) is 12.1 Å². The number of rotatable bonds is 7. The SMILES string of the molecule is C[C@H](NC(=O)c1cc(-c2ccccc2)cc2onc(Cc3cnc4ccccc4c3)c12)c1ccc(C(=O)O)cc1. The summed E-state index contributed by atoms with van der Waals surface area (Å²) in [7, 11) is 0. The van der Waals surface area contributed by atoms with E-state index in [2.05, 4.69) is 21.5 Å². The lowest BCUT2D eigenvalue weighted by atomic mass is 9.96. The molecule has 196 valence electrons. The highest BCUT2D eigenvalue weighted by Gasteiger charge is 2.22. The van der Waals surface area contributed by atoms with Crippen molar-refractivity contribution in [1.82, 2.24) is 15.5 Å². The number of hydrogen-bond donors (Lipinski definition) is 2. The van der Waals surface area contributed by atoms with E-state index in [0.29, 0.717) is 28.6 Å². The third-order valence-electron chi connectivity index (χ3n) is 7.02. The zero-order valence-electron chi connectivity index (χ0n) is 21.7. The topological polar surface area (TPSA) is 105 Å². The first-order chi connectivity index (χ1) is 19.5. The number of pyridine rings is 1. The average Bonchev–Trinajstić information content (AvgIpc) is 3.39. The lowest BCUT2D eigenvalue weighted by Crippen LogP contribution is -2.27. The molecule has 6 rings (SSSR count). The van der Waals surface area contributed by atoms with E-state index in [0.717, 1.165) is 33.2 Å². The van der Waals surface area contributed by atoms with Gasteiger partial charge in [-0.3, -0.25) is 9.78 Å². The van der Waals surface area contributed by atoms with E-state index in [1.54, 1.807) is 12.1 Å². The van der Waals surface area contributed by atoms with Gasteiger partial charge in [0.05, 0.1) is 33.8 Å². The van der Waals surface area contributed by atoms with Crippen molar-refractivity contribution >= 4 is 33.7 Å².